The number of benzene rings is 1. The zero-order chi connectivity index (χ0) is 13.8. The molecule has 2 rings (SSSR count). The van der Waals surface area contributed by atoms with Crippen molar-refractivity contribution in [2.75, 3.05) is 11.1 Å². The summed E-state index contributed by atoms with van der Waals surface area (Å²) in [7, 11) is 0. The lowest BCUT2D eigenvalue weighted by atomic mass is 10.1. The molecule has 3 N–H and O–H groups in total. The van der Waals surface area contributed by atoms with E-state index in [2.05, 4.69) is 48.5 Å². The van der Waals surface area contributed by atoms with Gasteiger partial charge in [-0.2, -0.15) is 5.10 Å². The van der Waals surface area contributed by atoms with E-state index >= 15 is 0 Å². The van der Waals surface area contributed by atoms with Crippen LogP contribution < -0.4 is 11.1 Å². The third-order valence-electron chi connectivity index (χ3n) is 3.32. The van der Waals surface area contributed by atoms with Crippen LogP contribution in [0.15, 0.2) is 24.3 Å². The van der Waals surface area contributed by atoms with Gasteiger partial charge in [0.15, 0.2) is 0 Å². The first-order chi connectivity index (χ1) is 9.13. The molecule has 0 radical (unpaired) electrons. The topological polar surface area (TPSA) is 55.9 Å². The Labute approximate surface area is 114 Å². The van der Waals surface area contributed by atoms with E-state index in [0.717, 1.165) is 36.7 Å². The Hall–Kier alpha value is -1.97. The molecule has 0 saturated carbocycles. The van der Waals surface area contributed by atoms with Gasteiger partial charge in [-0.15, -0.1) is 0 Å². The predicted octanol–water partition coefficient (Wildman–Crippen LogP) is 3.10. The maximum atomic E-state index is 6.09. The highest BCUT2D eigenvalue weighted by molar-refractivity contribution is 5.64. The lowest BCUT2D eigenvalue weighted by Gasteiger charge is -2.11. The molecule has 0 aliphatic rings. The molecular formula is C15H22N4. The molecule has 1 aromatic heterocycles. The van der Waals surface area contributed by atoms with Gasteiger partial charge in [-0.25, -0.2) is 4.68 Å². The molecule has 0 bridgehead atoms. The number of hydrogen-bond acceptors (Lipinski definition) is 3. The summed E-state index contributed by atoms with van der Waals surface area (Å²) >= 11 is 0. The van der Waals surface area contributed by atoms with Gasteiger partial charge in [0.2, 0.25) is 0 Å². The number of aromatic nitrogens is 2. The summed E-state index contributed by atoms with van der Waals surface area (Å²) in [5, 5.41) is 7.88. The van der Waals surface area contributed by atoms with Gasteiger partial charge < -0.3 is 11.1 Å². The fourth-order valence-corrected chi connectivity index (χ4v) is 2.14. The number of nitrogens with two attached hydrogens (primary N) is 1. The molecule has 0 unspecified atom stereocenters. The molecule has 0 aliphatic carbocycles. The molecule has 0 saturated heterocycles. The molecule has 0 aliphatic heterocycles. The SMILES string of the molecule is CCCn1nc(C)c(N)c1NCc1ccccc1C. The van der Waals surface area contributed by atoms with Crippen molar-refractivity contribution in [3.8, 4) is 0 Å². The maximum absolute atomic E-state index is 6.09. The second-order valence-corrected chi connectivity index (χ2v) is 4.85. The third kappa shape index (κ3) is 2.89. The molecule has 1 aromatic carbocycles. The Kier molecular flexibility index (Phi) is 4.10. The highest BCUT2D eigenvalue weighted by atomic mass is 15.3. The molecule has 0 fully saturated rings. The van der Waals surface area contributed by atoms with E-state index in [-0.39, 0.29) is 0 Å². The lowest BCUT2D eigenvalue weighted by Crippen LogP contribution is -2.09. The van der Waals surface area contributed by atoms with Crippen LogP contribution in [0.2, 0.25) is 0 Å². The van der Waals surface area contributed by atoms with E-state index in [1.54, 1.807) is 0 Å². The molecule has 4 heteroatoms. The first-order valence-corrected chi connectivity index (χ1v) is 6.74. The summed E-state index contributed by atoms with van der Waals surface area (Å²) < 4.78 is 1.96. The smallest absolute Gasteiger partial charge is 0.148 e. The van der Waals surface area contributed by atoms with Crippen molar-refractivity contribution in [1.82, 2.24) is 9.78 Å². The van der Waals surface area contributed by atoms with Crippen LogP contribution in [0, 0.1) is 13.8 Å². The zero-order valence-electron chi connectivity index (χ0n) is 11.9. The van der Waals surface area contributed by atoms with Crippen LogP contribution in [0.1, 0.15) is 30.2 Å². The first-order valence-electron chi connectivity index (χ1n) is 6.74. The van der Waals surface area contributed by atoms with Crippen molar-refractivity contribution in [3.05, 3.63) is 41.1 Å². The average Bonchev–Trinajstić information content (AvgIpc) is 2.65. The van der Waals surface area contributed by atoms with Crippen LogP contribution in [0.5, 0.6) is 0 Å². The molecule has 102 valence electrons. The van der Waals surface area contributed by atoms with E-state index < -0.39 is 0 Å². The molecule has 4 nitrogen and oxygen atoms in total. The molecule has 0 atom stereocenters. The molecule has 2 aromatic rings. The van der Waals surface area contributed by atoms with Gasteiger partial charge in [0.05, 0.1) is 11.4 Å². The third-order valence-corrected chi connectivity index (χ3v) is 3.32. The number of nitrogens with one attached hydrogen (secondary N) is 1. The Morgan fingerprint density at radius 3 is 2.68 bits per heavy atom. The van der Waals surface area contributed by atoms with E-state index in [1.807, 2.05) is 11.6 Å². The Balaban J connectivity index is 2.17. The normalized spacial score (nSPS) is 10.7. The van der Waals surface area contributed by atoms with Crippen molar-refractivity contribution < 1.29 is 0 Å². The molecule has 1 heterocycles. The fraction of sp³-hybridized carbons (Fsp3) is 0.400. The van der Waals surface area contributed by atoms with Crippen LogP contribution in [0.4, 0.5) is 11.5 Å². The number of nitrogens with zero attached hydrogens (tertiary/aromatic N) is 2. The van der Waals surface area contributed by atoms with Gasteiger partial charge in [-0.1, -0.05) is 31.2 Å². The highest BCUT2D eigenvalue weighted by Crippen LogP contribution is 2.23. The van der Waals surface area contributed by atoms with Crippen molar-refractivity contribution >= 4 is 11.5 Å². The minimum atomic E-state index is 0.752. The summed E-state index contributed by atoms with van der Waals surface area (Å²) in [6, 6.07) is 8.36. The minimum Gasteiger partial charge on any atom is -0.394 e. The molecular weight excluding hydrogens is 236 g/mol. The van der Waals surface area contributed by atoms with Gasteiger partial charge in [0.1, 0.15) is 5.82 Å². The van der Waals surface area contributed by atoms with Gasteiger partial charge >= 0.3 is 0 Å². The van der Waals surface area contributed by atoms with Crippen LogP contribution in [-0.2, 0) is 13.1 Å². The monoisotopic (exact) mass is 258 g/mol. The second kappa shape index (κ2) is 5.78. The fourth-order valence-electron chi connectivity index (χ4n) is 2.14. The predicted molar refractivity (Wildman–Crippen MR) is 80.2 cm³/mol. The summed E-state index contributed by atoms with van der Waals surface area (Å²) in [6.07, 6.45) is 1.04. The highest BCUT2D eigenvalue weighted by Gasteiger charge is 2.11. The summed E-state index contributed by atoms with van der Waals surface area (Å²) in [4.78, 5) is 0. The molecule has 19 heavy (non-hydrogen) atoms. The number of rotatable bonds is 5. The van der Waals surface area contributed by atoms with Crippen LogP contribution in [-0.4, -0.2) is 9.78 Å². The second-order valence-electron chi connectivity index (χ2n) is 4.85. The molecule has 0 amide bonds. The summed E-state index contributed by atoms with van der Waals surface area (Å²) in [6.45, 7) is 7.85. The van der Waals surface area contributed by atoms with E-state index in [1.165, 1.54) is 11.1 Å². The summed E-state index contributed by atoms with van der Waals surface area (Å²) in [5.74, 6) is 0.933. The minimum absolute atomic E-state index is 0.752. The van der Waals surface area contributed by atoms with Crippen molar-refractivity contribution in [2.45, 2.75) is 40.3 Å². The van der Waals surface area contributed by atoms with Gasteiger partial charge in [0.25, 0.3) is 0 Å². The number of aryl methyl sites for hydroxylation is 3. The average molecular weight is 258 g/mol. The number of hydrogen-bond donors (Lipinski definition) is 2. The standard InChI is InChI=1S/C15H22N4/c1-4-9-19-15(14(16)12(3)18-19)17-10-13-8-6-5-7-11(13)2/h5-8,17H,4,9-10,16H2,1-3H3. The van der Waals surface area contributed by atoms with E-state index in [0.29, 0.717) is 0 Å². The van der Waals surface area contributed by atoms with Gasteiger partial charge in [-0.3, -0.25) is 0 Å². The Bertz CT molecular complexity index is 557. The number of nitrogen functional groups attached to an aromatic ring is 1. The lowest BCUT2D eigenvalue weighted by molar-refractivity contribution is 0.602. The van der Waals surface area contributed by atoms with Gasteiger partial charge in [-0.05, 0) is 31.4 Å². The quantitative estimate of drug-likeness (QED) is 0.866. The van der Waals surface area contributed by atoms with Crippen molar-refractivity contribution in [1.29, 1.82) is 0 Å². The number of anilines is 2. The Morgan fingerprint density at radius 1 is 1.26 bits per heavy atom. The van der Waals surface area contributed by atoms with Crippen molar-refractivity contribution in [3.63, 3.8) is 0 Å². The van der Waals surface area contributed by atoms with E-state index in [9.17, 15) is 0 Å². The molecule has 0 spiro atoms. The van der Waals surface area contributed by atoms with Crippen molar-refractivity contribution in [2.24, 2.45) is 0 Å². The van der Waals surface area contributed by atoms with Crippen LogP contribution in [0.3, 0.4) is 0 Å². The van der Waals surface area contributed by atoms with Crippen LogP contribution >= 0.6 is 0 Å². The maximum Gasteiger partial charge on any atom is 0.148 e. The zero-order valence-corrected chi connectivity index (χ0v) is 11.9. The van der Waals surface area contributed by atoms with Crippen LogP contribution in [0.25, 0.3) is 0 Å². The largest absolute Gasteiger partial charge is 0.394 e. The Morgan fingerprint density at radius 2 is 2.00 bits per heavy atom. The summed E-state index contributed by atoms with van der Waals surface area (Å²) in [5.41, 5.74) is 10.3. The van der Waals surface area contributed by atoms with Gasteiger partial charge in [0, 0.05) is 13.1 Å². The van der Waals surface area contributed by atoms with E-state index in [4.69, 9.17) is 5.73 Å². The first kappa shape index (κ1) is 13.5.